The van der Waals surface area contributed by atoms with Gasteiger partial charge in [0.15, 0.2) is 0 Å². The van der Waals surface area contributed by atoms with Crippen LogP contribution >= 0.6 is 0 Å². The molecule has 0 aliphatic heterocycles. The van der Waals surface area contributed by atoms with Crippen molar-refractivity contribution in [1.29, 1.82) is 0 Å². The Morgan fingerprint density at radius 1 is 1.06 bits per heavy atom. The van der Waals surface area contributed by atoms with E-state index in [1.54, 1.807) is 0 Å². The van der Waals surface area contributed by atoms with Gasteiger partial charge in [0.2, 0.25) is 0 Å². The summed E-state index contributed by atoms with van der Waals surface area (Å²) < 4.78 is 0. The third-order valence-corrected chi connectivity index (χ3v) is 2.82. The Morgan fingerprint density at radius 3 is 1.81 bits per heavy atom. The molecule has 0 saturated carbocycles. The summed E-state index contributed by atoms with van der Waals surface area (Å²) in [5.74, 6) is 0.707. The highest BCUT2D eigenvalue weighted by molar-refractivity contribution is 4.72. The lowest BCUT2D eigenvalue weighted by molar-refractivity contribution is 0.279. The molecule has 0 spiro atoms. The molecule has 0 aliphatic carbocycles. The monoisotopic (exact) mass is 230 g/mol. The van der Waals surface area contributed by atoms with Crippen LogP contribution < -0.4 is 11.5 Å². The molecular weight excluding hydrogens is 196 g/mol. The Balaban J connectivity index is 0. The van der Waals surface area contributed by atoms with Gasteiger partial charge in [0.05, 0.1) is 0 Å². The van der Waals surface area contributed by atoms with Crippen LogP contribution in [0.4, 0.5) is 0 Å². The van der Waals surface area contributed by atoms with E-state index in [1.807, 2.05) is 0 Å². The second kappa shape index (κ2) is 11.4. The van der Waals surface area contributed by atoms with E-state index in [4.69, 9.17) is 11.5 Å². The quantitative estimate of drug-likeness (QED) is 0.703. The third kappa shape index (κ3) is 13.9. The smallest absolute Gasteiger partial charge is 0.00257 e. The minimum absolute atomic E-state index is 0.286. The molecule has 0 aromatic carbocycles. The molecule has 2 nitrogen and oxygen atoms in total. The van der Waals surface area contributed by atoms with Crippen LogP contribution in [0.2, 0.25) is 0 Å². The molecule has 1 atom stereocenters. The molecule has 0 amide bonds. The maximum atomic E-state index is 5.62. The molecule has 2 heteroatoms. The molecule has 1 unspecified atom stereocenters. The highest BCUT2D eigenvalue weighted by Crippen LogP contribution is 2.24. The van der Waals surface area contributed by atoms with Gasteiger partial charge in [0.1, 0.15) is 0 Å². The summed E-state index contributed by atoms with van der Waals surface area (Å²) in [7, 11) is 0. The van der Waals surface area contributed by atoms with E-state index in [1.165, 1.54) is 25.7 Å². The van der Waals surface area contributed by atoms with Crippen LogP contribution in [0.5, 0.6) is 0 Å². The zero-order chi connectivity index (χ0) is 13.0. The second-order valence-corrected chi connectivity index (χ2v) is 5.61. The van der Waals surface area contributed by atoms with Gasteiger partial charge < -0.3 is 11.5 Å². The summed E-state index contributed by atoms with van der Waals surface area (Å²) in [6.07, 6.45) is 6.37. The van der Waals surface area contributed by atoms with Gasteiger partial charge in [0.25, 0.3) is 0 Å². The van der Waals surface area contributed by atoms with Gasteiger partial charge in [-0.15, -0.1) is 0 Å². The summed E-state index contributed by atoms with van der Waals surface area (Å²) >= 11 is 0. The van der Waals surface area contributed by atoms with E-state index in [0.717, 1.165) is 19.5 Å². The van der Waals surface area contributed by atoms with E-state index in [9.17, 15) is 0 Å². The first kappa shape index (κ1) is 18.3. The fourth-order valence-electron chi connectivity index (χ4n) is 1.77. The van der Waals surface area contributed by atoms with Gasteiger partial charge in [-0.1, -0.05) is 53.9 Å². The van der Waals surface area contributed by atoms with Crippen LogP contribution in [-0.4, -0.2) is 13.1 Å². The summed E-state index contributed by atoms with van der Waals surface area (Å²) in [5, 5.41) is 0. The third-order valence-electron chi connectivity index (χ3n) is 2.82. The molecular formula is C14H34N2. The van der Waals surface area contributed by atoms with E-state index < -0.39 is 0 Å². The first-order chi connectivity index (χ1) is 7.43. The largest absolute Gasteiger partial charge is 0.330 e. The molecule has 0 saturated heterocycles. The van der Waals surface area contributed by atoms with Crippen molar-refractivity contribution in [3.8, 4) is 0 Å². The number of hydrogen-bond donors (Lipinski definition) is 2. The SMILES string of the molecule is CC(CCN)CC(C)(C)CN.CCCCC. The van der Waals surface area contributed by atoms with Gasteiger partial charge in [-0.25, -0.2) is 0 Å². The Morgan fingerprint density at radius 2 is 1.56 bits per heavy atom. The van der Waals surface area contributed by atoms with Crippen LogP contribution in [-0.2, 0) is 0 Å². The summed E-state index contributed by atoms with van der Waals surface area (Å²) in [6, 6.07) is 0. The van der Waals surface area contributed by atoms with Gasteiger partial charge in [-0.2, -0.15) is 0 Å². The Hall–Kier alpha value is -0.0800. The molecule has 100 valence electrons. The molecule has 0 rings (SSSR count). The topological polar surface area (TPSA) is 52.0 Å². The van der Waals surface area contributed by atoms with Crippen molar-refractivity contribution in [3.63, 3.8) is 0 Å². The van der Waals surface area contributed by atoms with Gasteiger partial charge in [-0.05, 0) is 37.3 Å². The average Bonchev–Trinajstić information content (AvgIpc) is 2.19. The van der Waals surface area contributed by atoms with Crippen molar-refractivity contribution in [2.45, 2.75) is 66.7 Å². The number of unbranched alkanes of at least 4 members (excludes halogenated alkanes) is 2. The number of rotatable bonds is 7. The van der Waals surface area contributed by atoms with Gasteiger partial charge in [0, 0.05) is 0 Å². The van der Waals surface area contributed by atoms with Crippen molar-refractivity contribution in [2.24, 2.45) is 22.8 Å². The number of nitrogens with two attached hydrogens (primary N) is 2. The fraction of sp³-hybridized carbons (Fsp3) is 1.00. The van der Waals surface area contributed by atoms with Crippen molar-refractivity contribution < 1.29 is 0 Å². The maximum absolute atomic E-state index is 5.62. The molecule has 0 heterocycles. The Labute approximate surface area is 103 Å². The van der Waals surface area contributed by atoms with E-state index >= 15 is 0 Å². The van der Waals surface area contributed by atoms with E-state index in [0.29, 0.717) is 5.92 Å². The van der Waals surface area contributed by atoms with E-state index in [2.05, 4.69) is 34.6 Å². The van der Waals surface area contributed by atoms with Crippen molar-refractivity contribution in [1.82, 2.24) is 0 Å². The average molecular weight is 230 g/mol. The van der Waals surface area contributed by atoms with Crippen LogP contribution in [0.3, 0.4) is 0 Å². The molecule has 4 N–H and O–H groups in total. The first-order valence-corrected chi connectivity index (χ1v) is 6.83. The van der Waals surface area contributed by atoms with Gasteiger partial charge in [-0.3, -0.25) is 0 Å². The highest BCUT2D eigenvalue weighted by Gasteiger charge is 2.18. The predicted molar refractivity (Wildman–Crippen MR) is 75.5 cm³/mol. The first-order valence-electron chi connectivity index (χ1n) is 6.83. The minimum atomic E-state index is 0.286. The minimum Gasteiger partial charge on any atom is -0.330 e. The van der Waals surface area contributed by atoms with Crippen molar-refractivity contribution in [2.75, 3.05) is 13.1 Å². The molecule has 0 radical (unpaired) electrons. The van der Waals surface area contributed by atoms with Crippen LogP contribution in [0.15, 0.2) is 0 Å². The van der Waals surface area contributed by atoms with Crippen LogP contribution in [0.25, 0.3) is 0 Å². The summed E-state index contributed by atoms with van der Waals surface area (Å²) in [6.45, 7) is 12.6. The second-order valence-electron chi connectivity index (χ2n) is 5.61. The lowest BCUT2D eigenvalue weighted by atomic mass is 9.82. The van der Waals surface area contributed by atoms with Crippen LogP contribution in [0.1, 0.15) is 66.7 Å². The zero-order valence-electron chi connectivity index (χ0n) is 12.2. The lowest BCUT2D eigenvalue weighted by Crippen LogP contribution is -2.26. The Kier molecular flexibility index (Phi) is 13.0. The lowest BCUT2D eigenvalue weighted by Gasteiger charge is -2.25. The maximum Gasteiger partial charge on any atom is -0.00257 e. The molecule has 0 bridgehead atoms. The summed E-state index contributed by atoms with van der Waals surface area (Å²) in [4.78, 5) is 0. The Bertz CT molecular complexity index is 131. The predicted octanol–water partition coefficient (Wildman–Crippen LogP) is 3.54. The van der Waals surface area contributed by atoms with Crippen molar-refractivity contribution >= 4 is 0 Å². The summed E-state index contributed by atoms with van der Waals surface area (Å²) in [5.41, 5.74) is 11.4. The zero-order valence-corrected chi connectivity index (χ0v) is 12.2. The number of hydrogen-bond acceptors (Lipinski definition) is 2. The molecule has 16 heavy (non-hydrogen) atoms. The van der Waals surface area contributed by atoms with Gasteiger partial charge >= 0.3 is 0 Å². The fourth-order valence-corrected chi connectivity index (χ4v) is 1.77. The van der Waals surface area contributed by atoms with E-state index in [-0.39, 0.29) is 5.41 Å². The normalized spacial score (nSPS) is 12.9. The van der Waals surface area contributed by atoms with Crippen LogP contribution in [0, 0.1) is 11.3 Å². The molecule has 0 aromatic heterocycles. The highest BCUT2D eigenvalue weighted by atomic mass is 14.6. The molecule has 0 aromatic rings. The molecule has 0 fully saturated rings. The molecule has 0 aliphatic rings. The standard InChI is InChI=1S/C9H22N2.C5H12/c1-8(4-5-10)6-9(2,3)7-11;1-3-5-4-2/h8H,4-7,10-11H2,1-3H3;3-5H2,1-2H3. The van der Waals surface area contributed by atoms with Crippen molar-refractivity contribution in [3.05, 3.63) is 0 Å².